The van der Waals surface area contributed by atoms with Gasteiger partial charge in [-0.05, 0) is 30.6 Å². The number of rotatable bonds is 4. The molecule has 1 amide bonds. The predicted octanol–water partition coefficient (Wildman–Crippen LogP) is 3.66. The summed E-state index contributed by atoms with van der Waals surface area (Å²) in [5.41, 5.74) is 0.251. The lowest BCUT2D eigenvalue weighted by atomic mass is 9.76. The van der Waals surface area contributed by atoms with Gasteiger partial charge in [0.05, 0.1) is 0 Å². The van der Waals surface area contributed by atoms with Gasteiger partial charge in [0.15, 0.2) is 0 Å². The Morgan fingerprint density at radius 1 is 1.20 bits per heavy atom. The highest BCUT2D eigenvalue weighted by Crippen LogP contribution is 2.53. The fraction of sp³-hybridized carbons (Fsp3) is 0.850. The van der Waals surface area contributed by atoms with Crippen LogP contribution in [0.15, 0.2) is 6.33 Å². The maximum absolute atomic E-state index is 12.9. The van der Waals surface area contributed by atoms with Gasteiger partial charge in [0.25, 0.3) is 0 Å². The van der Waals surface area contributed by atoms with Crippen LogP contribution in [0.25, 0.3) is 0 Å². The molecule has 5 nitrogen and oxygen atoms in total. The molecule has 1 aliphatic heterocycles. The van der Waals surface area contributed by atoms with Crippen LogP contribution in [0.3, 0.4) is 0 Å². The van der Waals surface area contributed by atoms with Gasteiger partial charge in [-0.15, -0.1) is 10.2 Å². The van der Waals surface area contributed by atoms with Crippen molar-refractivity contribution in [3.8, 4) is 0 Å². The highest BCUT2D eigenvalue weighted by molar-refractivity contribution is 5.76. The van der Waals surface area contributed by atoms with Gasteiger partial charge >= 0.3 is 0 Å². The Kier molecular flexibility index (Phi) is 4.83. The van der Waals surface area contributed by atoms with E-state index in [9.17, 15) is 4.79 Å². The first-order valence-electron chi connectivity index (χ1n) is 10.3. The first kappa shape index (κ1) is 17.0. The molecule has 1 aromatic heterocycles. The molecule has 3 fully saturated rings. The van der Waals surface area contributed by atoms with Crippen molar-refractivity contribution in [2.75, 3.05) is 13.1 Å². The highest BCUT2D eigenvalue weighted by Gasteiger charge is 2.51. The number of aryl methyl sites for hydroxylation is 1. The minimum absolute atomic E-state index is 0.251. The second-order valence-electron chi connectivity index (χ2n) is 8.74. The zero-order chi connectivity index (χ0) is 17.3. The van der Waals surface area contributed by atoms with Crippen LogP contribution in [-0.4, -0.2) is 38.7 Å². The van der Waals surface area contributed by atoms with E-state index in [1.54, 1.807) is 6.33 Å². The van der Waals surface area contributed by atoms with Crippen LogP contribution in [0.2, 0.25) is 0 Å². The second kappa shape index (κ2) is 7.08. The summed E-state index contributed by atoms with van der Waals surface area (Å²) in [5, 5.41) is 8.50. The number of amides is 1. The summed E-state index contributed by atoms with van der Waals surface area (Å²) in [5.74, 6) is 2.60. The molecule has 3 aliphatic rings. The molecule has 1 spiro atoms. The first-order valence-corrected chi connectivity index (χ1v) is 10.3. The van der Waals surface area contributed by atoms with Gasteiger partial charge in [0, 0.05) is 32.5 Å². The SMILES string of the molecule is Cn1cnnc1C1CN(C(=O)CCC2CCCCC2)CC12CCCC2. The Morgan fingerprint density at radius 3 is 2.64 bits per heavy atom. The summed E-state index contributed by atoms with van der Waals surface area (Å²) < 4.78 is 2.06. The Hall–Kier alpha value is -1.39. The highest BCUT2D eigenvalue weighted by atomic mass is 16.2. The maximum atomic E-state index is 12.9. The van der Waals surface area contributed by atoms with E-state index in [4.69, 9.17) is 0 Å². The molecule has 138 valence electrons. The van der Waals surface area contributed by atoms with E-state index in [-0.39, 0.29) is 5.41 Å². The van der Waals surface area contributed by atoms with Gasteiger partial charge in [-0.25, -0.2) is 0 Å². The Balaban J connectivity index is 1.42. The number of carbonyl (C=O) groups excluding carboxylic acids is 1. The fourth-order valence-electron chi connectivity index (χ4n) is 5.67. The summed E-state index contributed by atoms with van der Waals surface area (Å²) in [6.45, 7) is 1.78. The number of hydrogen-bond acceptors (Lipinski definition) is 3. The number of nitrogens with zero attached hydrogens (tertiary/aromatic N) is 4. The third kappa shape index (κ3) is 3.34. The molecular formula is C20H32N4O. The third-order valence-electron chi connectivity index (χ3n) is 7.15. The van der Waals surface area contributed by atoms with Crippen LogP contribution in [0.1, 0.15) is 82.4 Å². The average molecular weight is 345 g/mol. The normalized spacial score (nSPS) is 26.6. The molecule has 1 aromatic rings. The van der Waals surface area contributed by atoms with Crippen molar-refractivity contribution in [3.05, 3.63) is 12.2 Å². The lowest BCUT2D eigenvalue weighted by Crippen LogP contribution is -2.31. The van der Waals surface area contributed by atoms with E-state index < -0.39 is 0 Å². The monoisotopic (exact) mass is 344 g/mol. The summed E-state index contributed by atoms with van der Waals surface area (Å²) in [4.78, 5) is 15.1. The van der Waals surface area contributed by atoms with Crippen LogP contribution in [0, 0.1) is 11.3 Å². The van der Waals surface area contributed by atoms with Crippen molar-refractivity contribution in [2.45, 2.75) is 76.5 Å². The standard InChI is InChI=1S/C20H32N4O/c1-23-15-21-22-19(23)17-13-24(14-20(17)11-5-6-12-20)18(25)10-9-16-7-3-2-4-8-16/h15-17H,2-14H2,1H3. The van der Waals surface area contributed by atoms with Crippen LogP contribution >= 0.6 is 0 Å². The molecule has 0 aromatic carbocycles. The Morgan fingerprint density at radius 2 is 1.96 bits per heavy atom. The van der Waals surface area contributed by atoms with Crippen LogP contribution in [0.4, 0.5) is 0 Å². The molecule has 4 rings (SSSR count). The van der Waals surface area contributed by atoms with Crippen molar-refractivity contribution < 1.29 is 4.79 Å². The Bertz CT molecular complexity index is 599. The fourth-order valence-corrected chi connectivity index (χ4v) is 5.67. The Labute approximate surface area is 151 Å². The van der Waals surface area contributed by atoms with Crippen molar-refractivity contribution in [1.82, 2.24) is 19.7 Å². The predicted molar refractivity (Wildman–Crippen MR) is 97.0 cm³/mol. The molecule has 0 N–H and O–H groups in total. The molecule has 5 heteroatoms. The van der Waals surface area contributed by atoms with Gasteiger partial charge in [-0.3, -0.25) is 4.79 Å². The number of aromatic nitrogens is 3. The molecule has 0 bridgehead atoms. The summed E-state index contributed by atoms with van der Waals surface area (Å²) in [6, 6.07) is 0. The quantitative estimate of drug-likeness (QED) is 0.837. The molecule has 0 radical (unpaired) electrons. The van der Waals surface area contributed by atoms with Gasteiger partial charge in [0.2, 0.25) is 5.91 Å². The summed E-state index contributed by atoms with van der Waals surface area (Å²) >= 11 is 0. The molecule has 2 aliphatic carbocycles. The van der Waals surface area contributed by atoms with Gasteiger partial charge in [-0.1, -0.05) is 44.9 Å². The van der Waals surface area contributed by atoms with E-state index in [1.165, 1.54) is 57.8 Å². The minimum Gasteiger partial charge on any atom is -0.341 e. The van der Waals surface area contributed by atoms with E-state index in [0.29, 0.717) is 11.8 Å². The molecule has 1 atom stereocenters. The third-order valence-corrected chi connectivity index (χ3v) is 7.15. The second-order valence-corrected chi connectivity index (χ2v) is 8.74. The van der Waals surface area contributed by atoms with E-state index in [0.717, 1.165) is 37.7 Å². The number of hydrogen-bond donors (Lipinski definition) is 0. The lowest BCUT2D eigenvalue weighted by Gasteiger charge is -2.29. The molecular weight excluding hydrogens is 312 g/mol. The van der Waals surface area contributed by atoms with Gasteiger partial charge in [-0.2, -0.15) is 0 Å². The number of likely N-dealkylation sites (tertiary alicyclic amines) is 1. The van der Waals surface area contributed by atoms with E-state index in [2.05, 4.69) is 19.7 Å². The van der Waals surface area contributed by atoms with Crippen molar-refractivity contribution in [1.29, 1.82) is 0 Å². The first-order chi connectivity index (χ1) is 12.2. The van der Waals surface area contributed by atoms with Gasteiger partial charge in [0.1, 0.15) is 12.2 Å². The molecule has 25 heavy (non-hydrogen) atoms. The lowest BCUT2D eigenvalue weighted by molar-refractivity contribution is -0.131. The molecule has 2 saturated carbocycles. The topological polar surface area (TPSA) is 51.0 Å². The summed E-state index contributed by atoms with van der Waals surface area (Å²) in [7, 11) is 2.03. The van der Waals surface area contributed by atoms with Crippen LogP contribution in [0.5, 0.6) is 0 Å². The number of carbonyl (C=O) groups is 1. The largest absolute Gasteiger partial charge is 0.341 e. The molecule has 1 saturated heterocycles. The minimum atomic E-state index is 0.251. The average Bonchev–Trinajstić information content (AvgIpc) is 3.35. The van der Waals surface area contributed by atoms with E-state index >= 15 is 0 Å². The zero-order valence-electron chi connectivity index (χ0n) is 15.6. The zero-order valence-corrected chi connectivity index (χ0v) is 15.6. The van der Waals surface area contributed by atoms with Crippen molar-refractivity contribution in [2.24, 2.45) is 18.4 Å². The van der Waals surface area contributed by atoms with Crippen molar-refractivity contribution in [3.63, 3.8) is 0 Å². The van der Waals surface area contributed by atoms with Crippen LogP contribution in [-0.2, 0) is 11.8 Å². The van der Waals surface area contributed by atoms with Gasteiger partial charge < -0.3 is 9.47 Å². The summed E-state index contributed by atoms with van der Waals surface area (Å²) in [6.07, 6.45) is 15.5. The van der Waals surface area contributed by atoms with Crippen LogP contribution < -0.4 is 0 Å². The maximum Gasteiger partial charge on any atom is 0.222 e. The van der Waals surface area contributed by atoms with E-state index in [1.807, 2.05) is 7.05 Å². The molecule has 1 unspecified atom stereocenters. The van der Waals surface area contributed by atoms with Crippen molar-refractivity contribution >= 4 is 5.91 Å². The smallest absolute Gasteiger partial charge is 0.222 e. The molecule has 2 heterocycles.